The van der Waals surface area contributed by atoms with E-state index in [1.54, 1.807) is 60.9 Å². The number of aliphatic hydroxyl groups excluding tert-OH is 1. The molecule has 0 aliphatic carbocycles. The molecule has 1 saturated heterocycles. The van der Waals surface area contributed by atoms with Crippen LogP contribution in [0.4, 0.5) is 0 Å². The average Bonchev–Trinajstić information content (AvgIpc) is 2.02. The van der Waals surface area contributed by atoms with Crippen LogP contribution in [0, 0.1) is 0 Å². The Morgan fingerprint density at radius 3 is 1.90 bits per heavy atom. The van der Waals surface area contributed by atoms with Crippen LogP contribution < -0.4 is 0 Å². The first-order chi connectivity index (χ1) is 4.89. The molecular weight excluding hydrogens is 244 g/mol. The molecule has 10 heavy (non-hydrogen) atoms. The number of aliphatic hydroxyl groups is 1. The van der Waals surface area contributed by atoms with Crippen LogP contribution >= 0.6 is 60.9 Å². The second-order valence-electron chi connectivity index (χ2n) is 1.50. The van der Waals surface area contributed by atoms with Gasteiger partial charge in [-0.15, -0.1) is 0 Å². The first kappa shape index (κ1) is 10.1. The summed E-state index contributed by atoms with van der Waals surface area (Å²) in [6, 6.07) is 0. The van der Waals surface area contributed by atoms with Crippen molar-refractivity contribution in [3.8, 4) is 0 Å². The lowest BCUT2D eigenvalue weighted by atomic mass is 10.5. The van der Waals surface area contributed by atoms with E-state index in [1.165, 1.54) is 0 Å². The van der Waals surface area contributed by atoms with Gasteiger partial charge in [-0.2, -0.15) is 0 Å². The lowest BCUT2D eigenvalue weighted by Gasteiger charge is -2.03. The topological polar surface area (TPSA) is 20.2 Å². The van der Waals surface area contributed by atoms with Gasteiger partial charge >= 0.3 is 0 Å². The third-order valence-electron chi connectivity index (χ3n) is 0.700. The van der Waals surface area contributed by atoms with Crippen molar-refractivity contribution in [3.05, 3.63) is 0 Å². The van der Waals surface area contributed by atoms with E-state index in [0.717, 1.165) is 11.5 Å². The minimum Gasteiger partial charge on any atom is -0.391 e. The molecule has 60 valence electrons. The summed E-state index contributed by atoms with van der Waals surface area (Å²) in [5, 5.41) is 9.25. The fraction of sp³-hybridized carbons (Fsp3) is 1.00. The summed E-state index contributed by atoms with van der Waals surface area (Å²) < 4.78 is 0. The Labute approximate surface area is 83.0 Å². The van der Waals surface area contributed by atoms with Crippen molar-refractivity contribution in [1.29, 1.82) is 0 Å². The van der Waals surface area contributed by atoms with Gasteiger partial charge in [0, 0.05) is 11.5 Å². The first-order valence-corrected chi connectivity index (χ1v) is 10.3. The summed E-state index contributed by atoms with van der Waals surface area (Å²) in [6.07, 6.45) is -0.130. The van der Waals surface area contributed by atoms with E-state index in [0.29, 0.717) is 0 Å². The molecule has 0 amide bonds. The third-order valence-corrected chi connectivity index (χ3v) is 11.7. The molecule has 0 spiro atoms. The maximum atomic E-state index is 9.25. The fourth-order valence-corrected chi connectivity index (χ4v) is 12.0. The molecule has 0 aromatic heterocycles. The number of hydrogen-bond donors (Lipinski definition) is 1. The molecule has 1 N–H and O–H groups in total. The Morgan fingerprint density at radius 2 is 1.40 bits per heavy atom. The van der Waals surface area contributed by atoms with Gasteiger partial charge in [-0.1, -0.05) is 21.6 Å². The largest absolute Gasteiger partial charge is 0.391 e. The second kappa shape index (κ2) is 6.56. The fourth-order valence-electron chi connectivity index (χ4n) is 0.323. The second-order valence-corrected chi connectivity index (χ2v) is 11.1. The normalized spacial score (nSPS) is 24.9. The Morgan fingerprint density at radius 1 is 0.900 bits per heavy atom. The highest BCUT2D eigenvalue weighted by Gasteiger charge is 2.08. The van der Waals surface area contributed by atoms with Gasteiger partial charge in [-0.25, -0.2) is 0 Å². The van der Waals surface area contributed by atoms with Crippen LogP contribution in [0.15, 0.2) is 0 Å². The third kappa shape index (κ3) is 4.84. The van der Waals surface area contributed by atoms with Crippen LogP contribution in [0.3, 0.4) is 0 Å². The van der Waals surface area contributed by atoms with Gasteiger partial charge in [-0.3, -0.25) is 0 Å². The molecule has 1 fully saturated rings. The molecule has 0 saturated carbocycles. The number of rotatable bonds is 0. The molecule has 1 aliphatic heterocycles. The predicted molar refractivity (Wildman–Crippen MR) is 61.3 cm³/mol. The maximum absolute atomic E-state index is 9.25. The van der Waals surface area contributed by atoms with E-state index in [2.05, 4.69) is 0 Å². The summed E-state index contributed by atoms with van der Waals surface area (Å²) in [7, 11) is 10.5. The van der Waals surface area contributed by atoms with Crippen molar-refractivity contribution in [2.45, 2.75) is 6.10 Å². The van der Waals surface area contributed by atoms with E-state index >= 15 is 0 Å². The molecule has 7 heteroatoms. The van der Waals surface area contributed by atoms with Crippen molar-refractivity contribution in [3.63, 3.8) is 0 Å². The van der Waals surface area contributed by atoms with Gasteiger partial charge in [0.2, 0.25) is 0 Å². The highest BCUT2D eigenvalue weighted by Crippen LogP contribution is 2.53. The van der Waals surface area contributed by atoms with Gasteiger partial charge in [0.05, 0.1) is 6.10 Å². The van der Waals surface area contributed by atoms with Crippen LogP contribution in [0.2, 0.25) is 0 Å². The van der Waals surface area contributed by atoms with Crippen LogP contribution in [-0.2, 0) is 0 Å². The zero-order chi connectivity index (χ0) is 7.23. The SMILES string of the molecule is OC1CSSSSSSC1. The zero-order valence-corrected chi connectivity index (χ0v) is 9.79. The molecule has 1 nitrogen and oxygen atoms in total. The first-order valence-electron chi connectivity index (χ1n) is 2.49. The van der Waals surface area contributed by atoms with Gasteiger partial charge in [0.15, 0.2) is 0 Å². The lowest BCUT2D eigenvalue weighted by Crippen LogP contribution is -2.11. The molecule has 0 atom stereocenters. The van der Waals surface area contributed by atoms with Gasteiger partial charge in [0.25, 0.3) is 0 Å². The standard InChI is InChI=1S/C3H6OS6/c4-3-1-5-7-9-10-8-6-2-3/h3-4H,1-2H2. The van der Waals surface area contributed by atoms with Crippen LogP contribution in [-0.4, -0.2) is 22.7 Å². The zero-order valence-electron chi connectivity index (χ0n) is 4.89. The predicted octanol–water partition coefficient (Wildman–Crippen LogP) is 3.34. The highest BCUT2D eigenvalue weighted by atomic mass is 33.9. The Hall–Kier alpha value is 2.06. The minimum atomic E-state index is -0.130. The van der Waals surface area contributed by atoms with E-state index in [4.69, 9.17) is 0 Å². The van der Waals surface area contributed by atoms with E-state index < -0.39 is 0 Å². The molecule has 0 bridgehead atoms. The average molecular weight is 250 g/mol. The van der Waals surface area contributed by atoms with Crippen LogP contribution in [0.5, 0.6) is 0 Å². The summed E-state index contributed by atoms with van der Waals surface area (Å²) in [5.74, 6) is 1.71. The molecule has 0 unspecified atom stereocenters. The summed E-state index contributed by atoms with van der Waals surface area (Å²) in [4.78, 5) is 0. The minimum absolute atomic E-state index is 0.130. The Bertz CT molecular complexity index is 79.1. The lowest BCUT2D eigenvalue weighted by molar-refractivity contribution is 0.225. The van der Waals surface area contributed by atoms with Crippen molar-refractivity contribution < 1.29 is 5.11 Å². The quantitative estimate of drug-likeness (QED) is 0.657. The maximum Gasteiger partial charge on any atom is 0.0738 e. The molecule has 1 aliphatic rings. The molecular formula is C3H6OS6. The number of hydrogen-bond acceptors (Lipinski definition) is 7. The van der Waals surface area contributed by atoms with Crippen molar-refractivity contribution in [2.75, 3.05) is 11.5 Å². The molecule has 1 heterocycles. The van der Waals surface area contributed by atoms with Crippen LogP contribution in [0.25, 0.3) is 0 Å². The highest BCUT2D eigenvalue weighted by molar-refractivity contribution is 9.41. The molecule has 0 aromatic carbocycles. The van der Waals surface area contributed by atoms with Gasteiger partial charge in [0.1, 0.15) is 0 Å². The van der Waals surface area contributed by atoms with Crippen molar-refractivity contribution in [2.24, 2.45) is 0 Å². The Kier molecular flexibility index (Phi) is 6.66. The van der Waals surface area contributed by atoms with Gasteiger partial charge in [-0.05, 0) is 39.3 Å². The van der Waals surface area contributed by atoms with Crippen molar-refractivity contribution >= 4 is 60.9 Å². The summed E-state index contributed by atoms with van der Waals surface area (Å²) in [5.41, 5.74) is 0. The molecule has 0 aromatic rings. The van der Waals surface area contributed by atoms with E-state index in [-0.39, 0.29) is 6.10 Å². The summed E-state index contributed by atoms with van der Waals surface area (Å²) in [6.45, 7) is 0. The monoisotopic (exact) mass is 250 g/mol. The van der Waals surface area contributed by atoms with Gasteiger partial charge < -0.3 is 5.11 Å². The van der Waals surface area contributed by atoms with E-state index in [1.807, 2.05) is 0 Å². The smallest absolute Gasteiger partial charge is 0.0738 e. The Balaban J connectivity index is 2.15. The van der Waals surface area contributed by atoms with Crippen molar-refractivity contribution in [1.82, 2.24) is 0 Å². The van der Waals surface area contributed by atoms with E-state index in [9.17, 15) is 5.11 Å². The summed E-state index contributed by atoms with van der Waals surface area (Å²) >= 11 is 0. The van der Waals surface area contributed by atoms with Crippen LogP contribution in [0.1, 0.15) is 0 Å². The molecule has 0 radical (unpaired) electrons. The molecule has 1 rings (SSSR count).